The lowest BCUT2D eigenvalue weighted by atomic mass is 10.1. The second-order valence-corrected chi connectivity index (χ2v) is 9.36. The van der Waals surface area contributed by atoms with E-state index in [0.717, 1.165) is 16.7 Å². The van der Waals surface area contributed by atoms with Gasteiger partial charge in [-0.15, -0.1) is 17.9 Å². The van der Waals surface area contributed by atoms with E-state index in [1.54, 1.807) is 22.8 Å². The zero-order valence-corrected chi connectivity index (χ0v) is 20.2. The van der Waals surface area contributed by atoms with Crippen LogP contribution < -0.4 is 10.5 Å². The maximum atomic E-state index is 13.5. The first-order valence-electron chi connectivity index (χ1n) is 10.6. The third-order valence-electron chi connectivity index (χ3n) is 5.26. The number of hydrogen-bond donors (Lipinski definition) is 0. The summed E-state index contributed by atoms with van der Waals surface area (Å²) in [4.78, 5) is 33.3. The Labute approximate surface area is 205 Å². The summed E-state index contributed by atoms with van der Waals surface area (Å²) in [5.41, 5.74) is 3.46. The maximum Gasteiger partial charge on any atom is 0.263 e. The number of aromatic nitrogens is 2. The minimum atomic E-state index is -0.233. The number of nitrogens with zero attached hydrogens (tertiary/aromatic N) is 4. The van der Waals surface area contributed by atoms with Crippen LogP contribution >= 0.6 is 23.1 Å². The summed E-state index contributed by atoms with van der Waals surface area (Å²) in [5.74, 6) is -0.189. The van der Waals surface area contributed by atoms with Crippen LogP contribution in [-0.4, -0.2) is 27.8 Å². The number of rotatable bonds is 8. The molecular formula is C26H22N4O2S2. The predicted octanol–water partition coefficient (Wildman–Crippen LogP) is 5.27. The first-order valence-corrected chi connectivity index (χ1v) is 12.4. The van der Waals surface area contributed by atoms with E-state index in [-0.39, 0.29) is 30.3 Å². The highest BCUT2D eigenvalue weighted by Crippen LogP contribution is 2.32. The van der Waals surface area contributed by atoms with Gasteiger partial charge in [-0.1, -0.05) is 65.9 Å². The van der Waals surface area contributed by atoms with E-state index in [1.165, 1.54) is 28.0 Å². The molecule has 0 aliphatic carbocycles. The number of amides is 1. The van der Waals surface area contributed by atoms with E-state index in [9.17, 15) is 14.9 Å². The Kier molecular flexibility index (Phi) is 7.26. The van der Waals surface area contributed by atoms with Gasteiger partial charge in [-0.2, -0.15) is 5.26 Å². The van der Waals surface area contributed by atoms with Crippen LogP contribution in [0.2, 0.25) is 0 Å². The third-order valence-corrected chi connectivity index (χ3v) is 7.09. The van der Waals surface area contributed by atoms with E-state index in [1.807, 2.05) is 60.8 Å². The van der Waals surface area contributed by atoms with Gasteiger partial charge in [0.05, 0.1) is 17.2 Å². The molecule has 0 aliphatic heterocycles. The van der Waals surface area contributed by atoms with Crippen molar-refractivity contribution in [3.8, 4) is 17.2 Å². The lowest BCUT2D eigenvalue weighted by Crippen LogP contribution is -2.33. The molecule has 0 radical (unpaired) electrons. The maximum absolute atomic E-state index is 13.5. The lowest BCUT2D eigenvalue weighted by molar-refractivity contribution is -0.116. The standard InChI is InChI=1S/C26H22N4O2S2/c1-3-14-30-25(32)23-21(19-11-9-18(2)10-12-19)16-33-24(23)28-26(30)34-17-22(31)29(15-13-27)20-7-5-4-6-8-20/h3-12,16H,1,14-15,17H2,2H3. The fourth-order valence-electron chi connectivity index (χ4n) is 3.56. The molecule has 2 aromatic heterocycles. The quantitative estimate of drug-likeness (QED) is 0.147. The normalized spacial score (nSPS) is 10.7. The number of nitriles is 1. The van der Waals surface area contributed by atoms with Crippen molar-refractivity contribution in [2.45, 2.75) is 18.6 Å². The van der Waals surface area contributed by atoms with Gasteiger partial charge >= 0.3 is 0 Å². The summed E-state index contributed by atoms with van der Waals surface area (Å²) in [7, 11) is 0. The monoisotopic (exact) mass is 486 g/mol. The van der Waals surface area contributed by atoms with Crippen LogP contribution in [0.5, 0.6) is 0 Å². The highest BCUT2D eigenvalue weighted by molar-refractivity contribution is 7.99. The lowest BCUT2D eigenvalue weighted by Gasteiger charge is -2.19. The average molecular weight is 487 g/mol. The number of allylic oxidation sites excluding steroid dienone is 1. The SMILES string of the molecule is C=CCn1c(SCC(=O)N(CC#N)c2ccccc2)nc2scc(-c3ccc(C)cc3)c2c1=O. The Hall–Kier alpha value is -3.67. The minimum absolute atomic E-state index is 0.0435. The summed E-state index contributed by atoms with van der Waals surface area (Å²) in [6.45, 7) is 6.03. The number of hydrogen-bond acceptors (Lipinski definition) is 6. The van der Waals surface area contributed by atoms with Crippen molar-refractivity contribution in [2.75, 3.05) is 17.2 Å². The molecule has 0 fully saturated rings. The fourth-order valence-corrected chi connectivity index (χ4v) is 5.43. The Bertz CT molecular complexity index is 1430. The number of anilines is 1. The predicted molar refractivity (Wildman–Crippen MR) is 139 cm³/mol. The molecule has 1 amide bonds. The zero-order valence-electron chi connectivity index (χ0n) is 18.6. The summed E-state index contributed by atoms with van der Waals surface area (Å²) >= 11 is 2.60. The van der Waals surface area contributed by atoms with Crippen molar-refractivity contribution >= 4 is 44.9 Å². The summed E-state index contributed by atoms with van der Waals surface area (Å²) < 4.78 is 1.55. The summed E-state index contributed by atoms with van der Waals surface area (Å²) in [6.07, 6.45) is 1.64. The molecule has 0 N–H and O–H groups in total. The van der Waals surface area contributed by atoms with Crippen LogP contribution in [0.25, 0.3) is 21.3 Å². The van der Waals surface area contributed by atoms with E-state index >= 15 is 0 Å². The molecule has 0 aliphatic rings. The second kappa shape index (κ2) is 10.5. The van der Waals surface area contributed by atoms with E-state index in [4.69, 9.17) is 4.98 Å². The molecule has 4 aromatic rings. The van der Waals surface area contributed by atoms with Gasteiger partial charge < -0.3 is 0 Å². The molecule has 2 heterocycles. The van der Waals surface area contributed by atoms with Crippen LogP contribution in [0.4, 0.5) is 5.69 Å². The molecule has 0 unspecified atom stereocenters. The highest BCUT2D eigenvalue weighted by atomic mass is 32.2. The molecule has 0 saturated carbocycles. The minimum Gasteiger partial charge on any atom is -0.298 e. The van der Waals surface area contributed by atoms with Gasteiger partial charge in [0, 0.05) is 23.2 Å². The molecule has 0 saturated heterocycles. The van der Waals surface area contributed by atoms with E-state index < -0.39 is 0 Å². The van der Waals surface area contributed by atoms with Crippen molar-refractivity contribution in [3.63, 3.8) is 0 Å². The third kappa shape index (κ3) is 4.81. The average Bonchev–Trinajstić information content (AvgIpc) is 3.28. The number of carbonyl (C=O) groups excluding carboxylic acids is 1. The topological polar surface area (TPSA) is 79.0 Å². The molecule has 2 aromatic carbocycles. The molecule has 4 rings (SSSR count). The molecule has 6 nitrogen and oxygen atoms in total. The number of para-hydroxylation sites is 1. The van der Waals surface area contributed by atoms with Gasteiger partial charge in [0.1, 0.15) is 11.4 Å². The van der Waals surface area contributed by atoms with Crippen molar-refractivity contribution < 1.29 is 4.79 Å². The van der Waals surface area contributed by atoms with Gasteiger partial charge in [-0.25, -0.2) is 4.98 Å². The van der Waals surface area contributed by atoms with Gasteiger partial charge in [-0.05, 0) is 24.6 Å². The van der Waals surface area contributed by atoms with Crippen LogP contribution in [0, 0.1) is 18.3 Å². The first-order chi connectivity index (χ1) is 16.5. The van der Waals surface area contributed by atoms with Crippen LogP contribution in [-0.2, 0) is 11.3 Å². The number of aryl methyl sites for hydroxylation is 1. The van der Waals surface area contributed by atoms with Crippen LogP contribution in [0.3, 0.4) is 0 Å². The van der Waals surface area contributed by atoms with Gasteiger partial charge in [-0.3, -0.25) is 19.1 Å². The number of fused-ring (bicyclic) bond motifs is 1. The van der Waals surface area contributed by atoms with Crippen molar-refractivity contribution in [1.29, 1.82) is 5.26 Å². The molecule has 0 spiro atoms. The van der Waals surface area contributed by atoms with Crippen molar-refractivity contribution in [2.24, 2.45) is 0 Å². The van der Waals surface area contributed by atoms with Gasteiger partial charge in [0.15, 0.2) is 5.16 Å². The molecular weight excluding hydrogens is 464 g/mol. The molecule has 170 valence electrons. The second-order valence-electron chi connectivity index (χ2n) is 7.56. The van der Waals surface area contributed by atoms with Crippen molar-refractivity contribution in [3.05, 3.63) is 88.5 Å². The highest BCUT2D eigenvalue weighted by Gasteiger charge is 2.20. The van der Waals surface area contributed by atoms with Crippen LogP contribution in [0.1, 0.15) is 5.56 Å². The summed E-state index contributed by atoms with van der Waals surface area (Å²) in [5, 5.41) is 12.2. The first kappa shape index (κ1) is 23.5. The molecule has 34 heavy (non-hydrogen) atoms. The Balaban J connectivity index is 1.67. The van der Waals surface area contributed by atoms with Gasteiger partial charge in [0.2, 0.25) is 5.91 Å². The van der Waals surface area contributed by atoms with Crippen molar-refractivity contribution in [1.82, 2.24) is 9.55 Å². The largest absolute Gasteiger partial charge is 0.298 e. The number of carbonyl (C=O) groups is 1. The van der Waals surface area contributed by atoms with E-state index in [2.05, 4.69) is 6.58 Å². The van der Waals surface area contributed by atoms with Gasteiger partial charge in [0.25, 0.3) is 5.56 Å². The summed E-state index contributed by atoms with van der Waals surface area (Å²) in [6, 6.07) is 19.2. The number of thioether (sulfide) groups is 1. The van der Waals surface area contributed by atoms with E-state index in [0.29, 0.717) is 21.1 Å². The zero-order chi connectivity index (χ0) is 24.1. The Morgan fingerprint density at radius 3 is 2.65 bits per heavy atom. The molecule has 0 atom stereocenters. The van der Waals surface area contributed by atoms with Crippen LogP contribution in [0.15, 0.2) is 82.6 Å². The Morgan fingerprint density at radius 1 is 1.24 bits per heavy atom. The Morgan fingerprint density at radius 2 is 1.97 bits per heavy atom. The number of benzene rings is 2. The molecule has 8 heteroatoms. The smallest absolute Gasteiger partial charge is 0.263 e. The fraction of sp³-hybridized carbons (Fsp3) is 0.154. The number of thiophene rings is 1. The molecule has 0 bridgehead atoms.